The summed E-state index contributed by atoms with van der Waals surface area (Å²) in [5, 5.41) is 0. The molecule has 0 spiro atoms. The van der Waals surface area contributed by atoms with Crippen molar-refractivity contribution in [2.45, 2.75) is 6.92 Å². The van der Waals surface area contributed by atoms with Gasteiger partial charge in [0.1, 0.15) is 0 Å². The topological polar surface area (TPSA) is 20.3 Å². The van der Waals surface area contributed by atoms with E-state index in [0.717, 1.165) is 5.69 Å². The zero-order valence-corrected chi connectivity index (χ0v) is 11.9. The molecule has 1 aromatic carbocycles. The predicted octanol–water partition coefficient (Wildman–Crippen LogP) is 4.03. The highest BCUT2D eigenvalue weighted by Crippen LogP contribution is 2.22. The molecule has 0 saturated carbocycles. The van der Waals surface area contributed by atoms with Gasteiger partial charge in [0.25, 0.3) is 0 Å². The second kappa shape index (κ2) is 5.55. The van der Waals surface area contributed by atoms with Crippen LogP contribution in [0.5, 0.6) is 0 Å². The Bertz CT molecular complexity index is 564. The lowest BCUT2D eigenvalue weighted by atomic mass is 10.2. The fourth-order valence-electron chi connectivity index (χ4n) is 1.71. The Balaban J connectivity index is 2.07. The van der Waals surface area contributed by atoms with E-state index in [4.69, 9.17) is 11.6 Å². The van der Waals surface area contributed by atoms with Crippen LogP contribution in [0.4, 0.5) is 5.69 Å². The first kappa shape index (κ1) is 13.1. The van der Waals surface area contributed by atoms with E-state index in [1.54, 1.807) is 12.1 Å². The minimum absolute atomic E-state index is 0.0934. The highest BCUT2D eigenvalue weighted by atomic mass is 35.5. The van der Waals surface area contributed by atoms with Crippen molar-refractivity contribution in [2.24, 2.45) is 0 Å². The first-order chi connectivity index (χ1) is 8.56. The van der Waals surface area contributed by atoms with Crippen molar-refractivity contribution in [1.82, 2.24) is 0 Å². The number of rotatable bonds is 4. The van der Waals surface area contributed by atoms with E-state index in [2.05, 4.69) is 6.07 Å². The van der Waals surface area contributed by atoms with Gasteiger partial charge in [0.2, 0.25) is 0 Å². The van der Waals surface area contributed by atoms with E-state index in [1.807, 2.05) is 37.1 Å². The molecule has 0 fully saturated rings. The number of benzene rings is 1. The molecule has 0 N–H and O–H groups in total. The van der Waals surface area contributed by atoms with Crippen LogP contribution in [0, 0.1) is 6.92 Å². The first-order valence-corrected chi connectivity index (χ1v) is 6.82. The summed E-state index contributed by atoms with van der Waals surface area (Å²) in [5.41, 5.74) is 2.23. The minimum Gasteiger partial charge on any atom is -0.367 e. The van der Waals surface area contributed by atoms with E-state index < -0.39 is 0 Å². The molecule has 0 aliphatic rings. The highest BCUT2D eigenvalue weighted by Gasteiger charge is 2.12. The Labute approximate surface area is 116 Å². The third-order valence-corrected chi connectivity index (χ3v) is 3.94. The molecule has 18 heavy (non-hydrogen) atoms. The molecule has 2 aromatic rings. The van der Waals surface area contributed by atoms with Gasteiger partial charge in [-0.2, -0.15) is 0 Å². The number of carbonyl (C=O) groups excluding carboxylic acids is 1. The lowest BCUT2D eigenvalue weighted by Gasteiger charge is -2.18. The standard InChI is InChI=1S/C14H14ClNOS/c1-10-4-3-5-11(8-10)16(2)9-12(17)13-6-7-14(15)18-13/h3-8H,9H2,1-2H3. The summed E-state index contributed by atoms with van der Waals surface area (Å²) in [7, 11) is 1.92. The summed E-state index contributed by atoms with van der Waals surface area (Å²) >= 11 is 7.16. The van der Waals surface area contributed by atoms with Crippen LogP contribution in [0.1, 0.15) is 15.2 Å². The van der Waals surface area contributed by atoms with Crippen LogP contribution in [0.25, 0.3) is 0 Å². The second-order valence-corrected chi connectivity index (χ2v) is 5.94. The van der Waals surface area contributed by atoms with Gasteiger partial charge in [-0.05, 0) is 36.8 Å². The molecule has 2 nitrogen and oxygen atoms in total. The van der Waals surface area contributed by atoms with Crippen molar-refractivity contribution in [3.05, 3.63) is 51.2 Å². The van der Waals surface area contributed by atoms with Crippen LogP contribution in [0.15, 0.2) is 36.4 Å². The number of carbonyl (C=O) groups is 1. The van der Waals surface area contributed by atoms with Crippen molar-refractivity contribution in [3.8, 4) is 0 Å². The number of halogens is 1. The molecule has 0 radical (unpaired) electrons. The molecule has 94 valence electrons. The SMILES string of the molecule is Cc1cccc(N(C)CC(=O)c2ccc(Cl)s2)c1. The maximum atomic E-state index is 12.0. The Hall–Kier alpha value is -1.32. The number of anilines is 1. The minimum atomic E-state index is 0.0934. The largest absolute Gasteiger partial charge is 0.367 e. The van der Waals surface area contributed by atoms with Gasteiger partial charge in [-0.1, -0.05) is 23.7 Å². The molecule has 0 saturated heterocycles. The normalized spacial score (nSPS) is 10.4. The molecule has 0 amide bonds. The van der Waals surface area contributed by atoms with E-state index >= 15 is 0 Å². The molecule has 1 heterocycles. The van der Waals surface area contributed by atoms with Crippen LogP contribution in [0.3, 0.4) is 0 Å². The monoisotopic (exact) mass is 279 g/mol. The first-order valence-electron chi connectivity index (χ1n) is 5.62. The van der Waals surface area contributed by atoms with Gasteiger partial charge >= 0.3 is 0 Å². The fourth-order valence-corrected chi connectivity index (χ4v) is 2.69. The summed E-state index contributed by atoms with van der Waals surface area (Å²) in [4.78, 5) is 14.7. The van der Waals surface area contributed by atoms with Crippen molar-refractivity contribution in [3.63, 3.8) is 0 Å². The summed E-state index contributed by atoms with van der Waals surface area (Å²) < 4.78 is 0.650. The molecule has 0 aliphatic heterocycles. The Morgan fingerprint density at radius 3 is 2.72 bits per heavy atom. The number of Topliss-reactive ketones (excluding diaryl/α,β-unsaturated/α-hetero) is 1. The second-order valence-electron chi connectivity index (χ2n) is 4.22. The molecular weight excluding hydrogens is 266 g/mol. The zero-order valence-electron chi connectivity index (χ0n) is 10.3. The van der Waals surface area contributed by atoms with Crippen molar-refractivity contribution in [1.29, 1.82) is 0 Å². The quantitative estimate of drug-likeness (QED) is 0.788. The van der Waals surface area contributed by atoms with Crippen LogP contribution >= 0.6 is 22.9 Å². The van der Waals surface area contributed by atoms with Crippen LogP contribution in [-0.4, -0.2) is 19.4 Å². The molecule has 2 rings (SSSR count). The lowest BCUT2D eigenvalue weighted by molar-refractivity contribution is 0.100. The van der Waals surface area contributed by atoms with Gasteiger partial charge in [0.05, 0.1) is 15.8 Å². The third kappa shape index (κ3) is 3.12. The number of hydrogen-bond donors (Lipinski definition) is 0. The van der Waals surface area contributed by atoms with Gasteiger partial charge in [-0.25, -0.2) is 0 Å². The molecular formula is C14H14ClNOS. The maximum absolute atomic E-state index is 12.0. The number of hydrogen-bond acceptors (Lipinski definition) is 3. The number of ketones is 1. The van der Waals surface area contributed by atoms with Crippen molar-refractivity contribution >= 4 is 34.4 Å². The third-order valence-electron chi connectivity index (χ3n) is 2.67. The van der Waals surface area contributed by atoms with Crippen molar-refractivity contribution in [2.75, 3.05) is 18.5 Å². The molecule has 0 unspecified atom stereocenters. The van der Waals surface area contributed by atoms with E-state index in [1.165, 1.54) is 16.9 Å². The Morgan fingerprint density at radius 1 is 1.33 bits per heavy atom. The predicted molar refractivity (Wildman–Crippen MR) is 78.1 cm³/mol. The number of likely N-dealkylation sites (N-methyl/N-ethyl adjacent to an activating group) is 1. The van der Waals surface area contributed by atoms with E-state index in [-0.39, 0.29) is 5.78 Å². The summed E-state index contributed by atoms with van der Waals surface area (Å²) in [6.45, 7) is 2.40. The molecule has 1 aromatic heterocycles. The number of nitrogens with zero attached hydrogens (tertiary/aromatic N) is 1. The Morgan fingerprint density at radius 2 is 2.11 bits per heavy atom. The molecule has 4 heteroatoms. The summed E-state index contributed by atoms with van der Waals surface area (Å²) in [5.74, 6) is 0.0934. The van der Waals surface area contributed by atoms with E-state index in [9.17, 15) is 4.79 Å². The number of aryl methyl sites for hydroxylation is 1. The van der Waals surface area contributed by atoms with Gasteiger partial charge in [0.15, 0.2) is 5.78 Å². The fraction of sp³-hybridized carbons (Fsp3) is 0.214. The smallest absolute Gasteiger partial charge is 0.192 e. The van der Waals surface area contributed by atoms with E-state index in [0.29, 0.717) is 15.8 Å². The number of thiophene rings is 1. The van der Waals surface area contributed by atoms with Gasteiger partial charge in [-0.3, -0.25) is 4.79 Å². The maximum Gasteiger partial charge on any atom is 0.192 e. The Kier molecular flexibility index (Phi) is 4.04. The molecule has 0 atom stereocenters. The zero-order chi connectivity index (χ0) is 13.1. The summed E-state index contributed by atoms with van der Waals surface area (Å²) in [6, 6.07) is 11.6. The lowest BCUT2D eigenvalue weighted by Crippen LogP contribution is -2.25. The van der Waals surface area contributed by atoms with Gasteiger partial charge in [-0.15, -0.1) is 11.3 Å². The molecule has 0 aliphatic carbocycles. The summed E-state index contributed by atoms with van der Waals surface area (Å²) in [6.07, 6.45) is 0. The average molecular weight is 280 g/mol. The van der Waals surface area contributed by atoms with Crippen molar-refractivity contribution < 1.29 is 4.79 Å². The average Bonchev–Trinajstić information content (AvgIpc) is 2.76. The van der Waals surface area contributed by atoms with Gasteiger partial charge in [0, 0.05) is 12.7 Å². The van der Waals surface area contributed by atoms with Crippen LogP contribution in [-0.2, 0) is 0 Å². The molecule has 0 bridgehead atoms. The highest BCUT2D eigenvalue weighted by molar-refractivity contribution is 7.18. The van der Waals surface area contributed by atoms with Crippen LogP contribution < -0.4 is 4.90 Å². The van der Waals surface area contributed by atoms with Crippen LogP contribution in [0.2, 0.25) is 4.34 Å². The van der Waals surface area contributed by atoms with Gasteiger partial charge < -0.3 is 4.90 Å².